The topological polar surface area (TPSA) is 110 Å². The fraction of sp³-hybridized carbons (Fsp3) is 0.292. The van der Waals surface area contributed by atoms with E-state index >= 15 is 0 Å². The average molecular weight is 431 g/mol. The summed E-state index contributed by atoms with van der Waals surface area (Å²) >= 11 is 0. The maximum atomic E-state index is 12.0. The highest BCUT2D eigenvalue weighted by atomic mass is 16.4. The molecule has 2 heterocycles. The Hall–Kier alpha value is -3.81. The summed E-state index contributed by atoms with van der Waals surface area (Å²) in [5, 5.41) is 28.6. The van der Waals surface area contributed by atoms with Crippen LogP contribution in [0.25, 0.3) is 22.5 Å². The molecule has 2 aromatic carbocycles. The number of carboxylic acid groups (broad SMARTS) is 1. The minimum Gasteiger partial charge on any atom is -0.477 e. The number of tetrazole rings is 1. The van der Waals surface area contributed by atoms with Crippen molar-refractivity contribution in [2.24, 2.45) is 0 Å². The molecule has 0 saturated carbocycles. The number of hydrogen-bond acceptors (Lipinski definition) is 5. The lowest BCUT2D eigenvalue weighted by Crippen LogP contribution is -2.10. The second kappa shape index (κ2) is 9.55. The molecule has 164 valence electrons. The van der Waals surface area contributed by atoms with E-state index in [9.17, 15) is 9.90 Å². The highest BCUT2D eigenvalue weighted by Gasteiger charge is 2.22. The third-order valence-corrected chi connectivity index (χ3v) is 5.58. The Kier molecular flexibility index (Phi) is 6.39. The van der Waals surface area contributed by atoms with Gasteiger partial charge in [0.15, 0.2) is 5.82 Å². The Morgan fingerprint density at radius 1 is 1.06 bits per heavy atom. The van der Waals surface area contributed by atoms with Crippen molar-refractivity contribution < 1.29 is 9.90 Å². The quantitative estimate of drug-likeness (QED) is 0.408. The number of H-pyrrole nitrogens is 1. The van der Waals surface area contributed by atoms with E-state index in [1.165, 1.54) is 0 Å². The zero-order chi connectivity index (χ0) is 22.5. The molecule has 4 aromatic rings. The van der Waals surface area contributed by atoms with Gasteiger partial charge in [-0.25, -0.2) is 9.89 Å². The van der Waals surface area contributed by atoms with Gasteiger partial charge in [-0.2, -0.15) is 5.10 Å². The van der Waals surface area contributed by atoms with Crippen LogP contribution < -0.4 is 0 Å². The van der Waals surface area contributed by atoms with Crippen molar-refractivity contribution in [3.8, 4) is 22.5 Å². The lowest BCUT2D eigenvalue weighted by atomic mass is 9.95. The molecular weight excluding hydrogens is 404 g/mol. The van der Waals surface area contributed by atoms with Crippen molar-refractivity contribution in [1.82, 2.24) is 30.4 Å². The minimum atomic E-state index is -0.927. The van der Waals surface area contributed by atoms with E-state index < -0.39 is 5.97 Å². The van der Waals surface area contributed by atoms with E-state index in [2.05, 4.69) is 32.6 Å². The summed E-state index contributed by atoms with van der Waals surface area (Å²) in [5.41, 5.74) is 6.02. The molecule has 32 heavy (non-hydrogen) atoms. The highest BCUT2D eigenvalue weighted by Crippen LogP contribution is 2.30. The van der Waals surface area contributed by atoms with E-state index in [-0.39, 0.29) is 0 Å². The number of hydrogen-bond donors (Lipinski definition) is 2. The number of carbonyl (C=O) groups is 1. The van der Waals surface area contributed by atoms with Crippen molar-refractivity contribution in [2.75, 3.05) is 0 Å². The largest absolute Gasteiger partial charge is 0.477 e. The van der Waals surface area contributed by atoms with Gasteiger partial charge < -0.3 is 5.11 Å². The summed E-state index contributed by atoms with van der Waals surface area (Å²) in [6, 6.07) is 16.1. The molecule has 8 heteroatoms. The van der Waals surface area contributed by atoms with Crippen molar-refractivity contribution >= 4 is 5.97 Å². The molecule has 4 rings (SSSR count). The zero-order valence-corrected chi connectivity index (χ0v) is 18.2. The Balaban J connectivity index is 1.66. The number of aromatic nitrogens is 6. The summed E-state index contributed by atoms with van der Waals surface area (Å²) < 4.78 is 1.61. The van der Waals surface area contributed by atoms with Gasteiger partial charge in [-0.3, -0.25) is 4.68 Å². The van der Waals surface area contributed by atoms with Gasteiger partial charge in [-0.1, -0.05) is 61.9 Å². The predicted octanol–water partition coefficient (Wildman–Crippen LogP) is 4.38. The molecule has 0 spiro atoms. The van der Waals surface area contributed by atoms with Gasteiger partial charge in [0.05, 0.1) is 5.69 Å². The SMILES string of the molecule is CCCCc1nn(CC)c(C(=O)O)c1Cc1ccc(-c2ccccc2-c2nnn[nH]2)cc1. The van der Waals surface area contributed by atoms with Crippen molar-refractivity contribution in [3.05, 3.63) is 71.0 Å². The Labute approximate surface area is 186 Å². The number of nitrogens with zero attached hydrogens (tertiary/aromatic N) is 5. The maximum absolute atomic E-state index is 12.0. The zero-order valence-electron chi connectivity index (χ0n) is 18.2. The molecule has 2 aromatic heterocycles. The third kappa shape index (κ3) is 4.30. The first-order valence-electron chi connectivity index (χ1n) is 10.9. The molecular formula is C24H26N6O2. The van der Waals surface area contributed by atoms with Crippen LogP contribution in [0.5, 0.6) is 0 Å². The fourth-order valence-electron chi connectivity index (χ4n) is 3.97. The molecule has 0 amide bonds. The van der Waals surface area contributed by atoms with E-state index in [1.54, 1.807) is 4.68 Å². The van der Waals surface area contributed by atoms with Crippen LogP contribution in [0.1, 0.15) is 54.0 Å². The lowest BCUT2D eigenvalue weighted by molar-refractivity contribution is 0.0682. The molecule has 8 nitrogen and oxygen atoms in total. The van der Waals surface area contributed by atoms with E-state index in [4.69, 9.17) is 0 Å². The van der Waals surface area contributed by atoms with E-state index in [0.717, 1.165) is 52.8 Å². The molecule has 0 bridgehead atoms. The lowest BCUT2D eigenvalue weighted by Gasteiger charge is -2.09. The standard InChI is InChI=1S/C24H26N6O2/c1-3-5-10-21-20(22(24(31)32)30(4-2)27-21)15-16-11-13-17(14-12-16)18-8-6-7-9-19(18)23-25-28-29-26-23/h6-9,11-14H,3-5,10,15H2,1-2H3,(H,31,32)(H,25,26,28,29). The molecule has 0 aliphatic rings. The van der Waals surface area contributed by atoms with E-state index in [1.807, 2.05) is 55.5 Å². The first kappa shape index (κ1) is 21.4. The number of aryl methyl sites for hydroxylation is 2. The Morgan fingerprint density at radius 2 is 1.81 bits per heavy atom. The number of benzene rings is 2. The summed E-state index contributed by atoms with van der Waals surface area (Å²) in [6.07, 6.45) is 3.35. The van der Waals surface area contributed by atoms with Gasteiger partial charge in [0.2, 0.25) is 0 Å². The maximum Gasteiger partial charge on any atom is 0.354 e. The number of unbranched alkanes of at least 4 members (excludes halogenated alkanes) is 1. The molecule has 0 atom stereocenters. The normalized spacial score (nSPS) is 11.1. The molecule has 0 saturated heterocycles. The first-order chi connectivity index (χ1) is 15.6. The van der Waals surface area contributed by atoms with Crippen LogP contribution in [0.2, 0.25) is 0 Å². The smallest absolute Gasteiger partial charge is 0.354 e. The van der Waals surface area contributed by atoms with E-state index in [0.29, 0.717) is 24.5 Å². The first-order valence-corrected chi connectivity index (χ1v) is 10.9. The fourth-order valence-corrected chi connectivity index (χ4v) is 3.97. The third-order valence-electron chi connectivity index (χ3n) is 5.58. The van der Waals surface area contributed by atoms with Gasteiger partial charge in [-0.05, 0) is 46.9 Å². The molecule has 2 N–H and O–H groups in total. The van der Waals surface area contributed by atoms with Crippen LogP contribution in [0.3, 0.4) is 0 Å². The van der Waals surface area contributed by atoms with Crippen LogP contribution in [0.4, 0.5) is 0 Å². The van der Waals surface area contributed by atoms with Gasteiger partial charge in [-0.15, -0.1) is 5.10 Å². The van der Waals surface area contributed by atoms with Gasteiger partial charge in [0.1, 0.15) is 5.69 Å². The van der Waals surface area contributed by atoms with Crippen LogP contribution in [0, 0.1) is 0 Å². The van der Waals surface area contributed by atoms with Gasteiger partial charge >= 0.3 is 5.97 Å². The van der Waals surface area contributed by atoms with Crippen LogP contribution in [-0.4, -0.2) is 41.5 Å². The van der Waals surface area contributed by atoms with Crippen LogP contribution in [-0.2, 0) is 19.4 Å². The van der Waals surface area contributed by atoms with Crippen LogP contribution in [0.15, 0.2) is 48.5 Å². The molecule has 0 unspecified atom stereocenters. The number of nitrogens with one attached hydrogen (secondary N) is 1. The molecule has 0 aliphatic heterocycles. The monoisotopic (exact) mass is 430 g/mol. The van der Waals surface area contributed by atoms with Crippen molar-refractivity contribution in [3.63, 3.8) is 0 Å². The number of carboxylic acids is 1. The minimum absolute atomic E-state index is 0.297. The second-order valence-electron chi connectivity index (χ2n) is 7.67. The Bertz CT molecular complexity index is 1200. The number of aromatic amines is 1. The van der Waals surface area contributed by atoms with Crippen LogP contribution >= 0.6 is 0 Å². The Morgan fingerprint density at radius 3 is 2.44 bits per heavy atom. The van der Waals surface area contributed by atoms with Crippen molar-refractivity contribution in [1.29, 1.82) is 0 Å². The molecule has 0 fully saturated rings. The number of aromatic carboxylic acids is 1. The summed E-state index contributed by atoms with van der Waals surface area (Å²) in [5.74, 6) is -0.313. The summed E-state index contributed by atoms with van der Waals surface area (Å²) in [6.45, 7) is 4.58. The van der Waals surface area contributed by atoms with Gasteiger partial charge in [0, 0.05) is 24.1 Å². The molecule has 0 aliphatic carbocycles. The number of rotatable bonds is 9. The second-order valence-corrected chi connectivity index (χ2v) is 7.67. The summed E-state index contributed by atoms with van der Waals surface area (Å²) in [4.78, 5) is 12.0. The summed E-state index contributed by atoms with van der Waals surface area (Å²) in [7, 11) is 0. The molecule has 0 radical (unpaired) electrons. The van der Waals surface area contributed by atoms with Gasteiger partial charge in [0.25, 0.3) is 0 Å². The average Bonchev–Trinajstić information content (AvgIpc) is 3.46. The van der Waals surface area contributed by atoms with Crippen molar-refractivity contribution in [2.45, 2.75) is 46.1 Å². The predicted molar refractivity (Wildman–Crippen MR) is 121 cm³/mol. The highest BCUT2D eigenvalue weighted by molar-refractivity contribution is 5.88.